The molecule has 0 bridgehead atoms. The van der Waals surface area contributed by atoms with Gasteiger partial charge in [-0.2, -0.15) is 0 Å². The third-order valence-electron chi connectivity index (χ3n) is 4.40. The maximum absolute atomic E-state index is 5.88. The van der Waals surface area contributed by atoms with E-state index in [9.17, 15) is 0 Å². The summed E-state index contributed by atoms with van der Waals surface area (Å²) in [5.74, 6) is 0. The van der Waals surface area contributed by atoms with E-state index in [1.54, 1.807) is 0 Å². The Labute approximate surface area is 120 Å². The van der Waals surface area contributed by atoms with Crippen molar-refractivity contribution in [1.82, 2.24) is 4.98 Å². The van der Waals surface area contributed by atoms with Gasteiger partial charge >= 0.3 is 0 Å². The molecule has 1 saturated heterocycles. The topological polar surface area (TPSA) is 42.2 Å². The Morgan fingerprint density at radius 3 is 3.00 bits per heavy atom. The van der Waals surface area contributed by atoms with Crippen LogP contribution in [0.3, 0.4) is 0 Å². The van der Waals surface area contributed by atoms with E-state index in [2.05, 4.69) is 28.9 Å². The van der Waals surface area contributed by atoms with Crippen LogP contribution in [0, 0.1) is 0 Å². The van der Waals surface area contributed by atoms with Crippen molar-refractivity contribution in [2.75, 3.05) is 17.2 Å². The minimum absolute atomic E-state index is 0.653. The molecule has 1 aromatic heterocycles. The first-order valence-corrected chi connectivity index (χ1v) is 7.70. The molecule has 1 unspecified atom stereocenters. The van der Waals surface area contributed by atoms with Gasteiger partial charge in [0.25, 0.3) is 0 Å². The maximum Gasteiger partial charge on any atom is 0.0743 e. The van der Waals surface area contributed by atoms with E-state index in [4.69, 9.17) is 5.73 Å². The van der Waals surface area contributed by atoms with Gasteiger partial charge in [-0.1, -0.05) is 19.8 Å². The molecule has 2 aromatic rings. The third kappa shape index (κ3) is 2.45. The number of aromatic nitrogens is 1. The van der Waals surface area contributed by atoms with Crippen LogP contribution in [-0.4, -0.2) is 17.6 Å². The molecule has 106 valence electrons. The van der Waals surface area contributed by atoms with Crippen LogP contribution in [0.4, 0.5) is 11.4 Å². The van der Waals surface area contributed by atoms with Crippen molar-refractivity contribution in [1.29, 1.82) is 0 Å². The Hall–Kier alpha value is -1.77. The lowest BCUT2D eigenvalue weighted by Crippen LogP contribution is -2.34. The number of nitrogens with two attached hydrogens (primary N) is 1. The molecule has 1 aliphatic heterocycles. The van der Waals surface area contributed by atoms with E-state index in [-0.39, 0.29) is 0 Å². The number of fused-ring (bicyclic) bond motifs is 1. The summed E-state index contributed by atoms with van der Waals surface area (Å²) in [6, 6.07) is 8.88. The highest BCUT2D eigenvalue weighted by molar-refractivity contribution is 5.93. The van der Waals surface area contributed by atoms with Crippen LogP contribution in [0.1, 0.15) is 39.0 Å². The van der Waals surface area contributed by atoms with Gasteiger partial charge in [0, 0.05) is 35.5 Å². The van der Waals surface area contributed by atoms with Crippen LogP contribution < -0.4 is 10.6 Å². The lowest BCUT2D eigenvalue weighted by Gasteiger charge is -2.32. The lowest BCUT2D eigenvalue weighted by atomic mass is 10.1. The van der Waals surface area contributed by atoms with E-state index in [0.717, 1.165) is 17.7 Å². The van der Waals surface area contributed by atoms with Gasteiger partial charge in [-0.05, 0) is 43.5 Å². The van der Waals surface area contributed by atoms with Crippen molar-refractivity contribution < 1.29 is 0 Å². The number of nitrogen functional groups attached to an aromatic ring is 1. The van der Waals surface area contributed by atoms with Gasteiger partial charge in [0.05, 0.1) is 5.52 Å². The maximum atomic E-state index is 5.88. The SMILES string of the molecule is CCC1CCCCCN1c1ccnc2cc(N)ccc12. The van der Waals surface area contributed by atoms with Gasteiger partial charge < -0.3 is 10.6 Å². The van der Waals surface area contributed by atoms with E-state index in [1.165, 1.54) is 43.2 Å². The summed E-state index contributed by atoms with van der Waals surface area (Å²) in [6.07, 6.45) is 8.41. The fourth-order valence-corrected chi connectivity index (χ4v) is 3.32. The molecule has 0 saturated carbocycles. The van der Waals surface area contributed by atoms with Crippen molar-refractivity contribution in [2.45, 2.75) is 45.1 Å². The van der Waals surface area contributed by atoms with Crippen LogP contribution in [0.2, 0.25) is 0 Å². The normalized spacial score (nSPS) is 20.1. The summed E-state index contributed by atoms with van der Waals surface area (Å²) in [5.41, 5.74) is 8.98. The first-order chi connectivity index (χ1) is 9.79. The molecule has 0 aliphatic carbocycles. The predicted octanol–water partition coefficient (Wildman–Crippen LogP) is 3.98. The molecule has 0 amide bonds. The molecule has 3 rings (SSSR count). The number of benzene rings is 1. The zero-order chi connectivity index (χ0) is 13.9. The average Bonchev–Trinajstić information content (AvgIpc) is 2.71. The Kier molecular flexibility index (Phi) is 3.77. The quantitative estimate of drug-likeness (QED) is 0.839. The Morgan fingerprint density at radius 2 is 2.15 bits per heavy atom. The molecule has 3 heteroatoms. The van der Waals surface area contributed by atoms with Gasteiger partial charge in [-0.3, -0.25) is 4.98 Å². The zero-order valence-corrected chi connectivity index (χ0v) is 12.2. The van der Waals surface area contributed by atoms with Gasteiger partial charge in [0.1, 0.15) is 0 Å². The molecular formula is C17H23N3. The summed E-state index contributed by atoms with van der Waals surface area (Å²) in [5, 5.41) is 1.22. The Balaban J connectivity index is 2.07. The highest BCUT2D eigenvalue weighted by Crippen LogP contribution is 2.31. The van der Waals surface area contributed by atoms with Crippen LogP contribution in [-0.2, 0) is 0 Å². The fourth-order valence-electron chi connectivity index (χ4n) is 3.32. The number of anilines is 2. The first-order valence-electron chi connectivity index (χ1n) is 7.70. The highest BCUT2D eigenvalue weighted by atomic mass is 15.2. The van der Waals surface area contributed by atoms with Crippen LogP contribution in [0.5, 0.6) is 0 Å². The van der Waals surface area contributed by atoms with E-state index in [1.807, 2.05) is 18.3 Å². The Morgan fingerprint density at radius 1 is 1.25 bits per heavy atom. The molecule has 2 heterocycles. The standard InChI is InChI=1S/C17H23N3/c1-2-14-6-4-3-5-11-20(14)17-9-10-19-16-12-13(18)7-8-15(16)17/h7-10,12,14H,2-6,11,18H2,1H3. The second-order valence-corrected chi connectivity index (χ2v) is 5.71. The minimum Gasteiger partial charge on any atom is -0.399 e. The van der Waals surface area contributed by atoms with Crippen molar-refractivity contribution in [3.8, 4) is 0 Å². The molecule has 20 heavy (non-hydrogen) atoms. The second-order valence-electron chi connectivity index (χ2n) is 5.71. The second kappa shape index (κ2) is 5.70. The van der Waals surface area contributed by atoms with Crippen molar-refractivity contribution in [3.05, 3.63) is 30.5 Å². The van der Waals surface area contributed by atoms with Crippen molar-refractivity contribution in [2.24, 2.45) is 0 Å². The molecule has 1 aliphatic rings. The number of hydrogen-bond donors (Lipinski definition) is 1. The lowest BCUT2D eigenvalue weighted by molar-refractivity contribution is 0.557. The molecule has 1 aromatic carbocycles. The molecule has 0 radical (unpaired) electrons. The highest BCUT2D eigenvalue weighted by Gasteiger charge is 2.21. The van der Waals surface area contributed by atoms with Gasteiger partial charge in [-0.25, -0.2) is 0 Å². The largest absolute Gasteiger partial charge is 0.399 e. The molecule has 0 spiro atoms. The number of nitrogens with zero attached hydrogens (tertiary/aromatic N) is 2. The smallest absolute Gasteiger partial charge is 0.0743 e. The van der Waals surface area contributed by atoms with Gasteiger partial charge in [0.2, 0.25) is 0 Å². The molecule has 1 fully saturated rings. The summed E-state index contributed by atoms with van der Waals surface area (Å²) >= 11 is 0. The van der Waals surface area contributed by atoms with Crippen LogP contribution >= 0.6 is 0 Å². The monoisotopic (exact) mass is 269 g/mol. The minimum atomic E-state index is 0.653. The Bertz CT molecular complexity index is 594. The van der Waals surface area contributed by atoms with Crippen LogP contribution in [0.15, 0.2) is 30.5 Å². The predicted molar refractivity (Wildman–Crippen MR) is 86.0 cm³/mol. The third-order valence-corrected chi connectivity index (χ3v) is 4.40. The number of rotatable bonds is 2. The van der Waals surface area contributed by atoms with Crippen molar-refractivity contribution in [3.63, 3.8) is 0 Å². The van der Waals surface area contributed by atoms with Crippen molar-refractivity contribution >= 4 is 22.3 Å². The molecule has 3 nitrogen and oxygen atoms in total. The zero-order valence-electron chi connectivity index (χ0n) is 12.2. The molecular weight excluding hydrogens is 246 g/mol. The van der Waals surface area contributed by atoms with Gasteiger partial charge in [0.15, 0.2) is 0 Å². The van der Waals surface area contributed by atoms with E-state index < -0.39 is 0 Å². The summed E-state index contributed by atoms with van der Waals surface area (Å²) < 4.78 is 0. The summed E-state index contributed by atoms with van der Waals surface area (Å²) in [7, 11) is 0. The molecule has 2 N–H and O–H groups in total. The van der Waals surface area contributed by atoms with Crippen LogP contribution in [0.25, 0.3) is 10.9 Å². The fraction of sp³-hybridized carbons (Fsp3) is 0.471. The summed E-state index contributed by atoms with van der Waals surface area (Å²) in [6.45, 7) is 3.45. The summed E-state index contributed by atoms with van der Waals surface area (Å²) in [4.78, 5) is 7.06. The van der Waals surface area contributed by atoms with E-state index >= 15 is 0 Å². The first kappa shape index (κ1) is 13.2. The number of hydrogen-bond acceptors (Lipinski definition) is 3. The van der Waals surface area contributed by atoms with E-state index in [0.29, 0.717) is 6.04 Å². The number of pyridine rings is 1. The average molecular weight is 269 g/mol. The molecule has 1 atom stereocenters. The van der Waals surface area contributed by atoms with Gasteiger partial charge in [-0.15, -0.1) is 0 Å².